The summed E-state index contributed by atoms with van der Waals surface area (Å²) in [4.78, 5) is 0. The Balaban J connectivity index is 2.40. The van der Waals surface area contributed by atoms with E-state index >= 15 is 0 Å². The van der Waals surface area contributed by atoms with Crippen molar-refractivity contribution in [2.75, 3.05) is 6.61 Å². The molecule has 2 aliphatic carbocycles. The maximum atomic E-state index is 10.1. The lowest BCUT2D eigenvalue weighted by Crippen LogP contribution is -2.59. The van der Waals surface area contributed by atoms with Gasteiger partial charge in [0.15, 0.2) is 8.32 Å². The fourth-order valence-corrected chi connectivity index (χ4v) is 9.38. The average Bonchev–Trinajstić information content (AvgIpc) is 2.62. The number of hydrogen-bond donors (Lipinski definition) is 1. The number of hydrogen-bond acceptors (Lipinski definition) is 2. The Morgan fingerprint density at radius 1 is 1.19 bits per heavy atom. The van der Waals surface area contributed by atoms with Crippen molar-refractivity contribution in [3.8, 4) is 0 Å². The number of fused-ring (bicyclic) bond motifs is 1. The van der Waals surface area contributed by atoms with Crippen LogP contribution in [-0.4, -0.2) is 26.1 Å². The number of aliphatic hydroxyl groups excluding tert-OH is 1. The van der Waals surface area contributed by atoms with E-state index in [0.717, 1.165) is 25.7 Å². The zero-order valence-corrected chi connectivity index (χ0v) is 18.9. The van der Waals surface area contributed by atoms with Crippen LogP contribution in [0.15, 0.2) is 24.8 Å². The van der Waals surface area contributed by atoms with E-state index in [1.165, 1.54) is 30.1 Å². The van der Waals surface area contributed by atoms with E-state index in [2.05, 4.69) is 53.9 Å². The van der Waals surface area contributed by atoms with E-state index in [4.69, 9.17) is 4.43 Å². The minimum absolute atomic E-state index is 0.112. The molecule has 0 spiro atoms. The molecule has 26 heavy (non-hydrogen) atoms. The molecule has 0 bridgehead atoms. The van der Waals surface area contributed by atoms with Crippen LogP contribution in [0.2, 0.25) is 18.1 Å². The zero-order chi connectivity index (χ0) is 19.6. The molecule has 2 aliphatic rings. The van der Waals surface area contributed by atoms with Crippen molar-refractivity contribution >= 4 is 8.32 Å². The van der Waals surface area contributed by atoms with Crippen molar-refractivity contribution in [1.29, 1.82) is 0 Å². The van der Waals surface area contributed by atoms with Crippen molar-refractivity contribution in [3.63, 3.8) is 0 Å². The second-order valence-corrected chi connectivity index (χ2v) is 14.1. The molecular weight excluding hydrogens is 336 g/mol. The van der Waals surface area contributed by atoms with Crippen LogP contribution in [0.5, 0.6) is 0 Å². The van der Waals surface area contributed by atoms with Crippen LogP contribution in [0.4, 0.5) is 0 Å². The predicted octanol–water partition coefficient (Wildman–Crippen LogP) is 6.33. The van der Waals surface area contributed by atoms with E-state index in [9.17, 15) is 5.11 Å². The Kier molecular flexibility index (Phi) is 7.01. The molecule has 0 aromatic heterocycles. The Morgan fingerprint density at radius 3 is 2.31 bits per heavy atom. The van der Waals surface area contributed by atoms with Gasteiger partial charge in [-0.25, -0.2) is 0 Å². The second kappa shape index (κ2) is 8.32. The monoisotopic (exact) mass is 378 g/mol. The Bertz CT molecular complexity index is 504. The van der Waals surface area contributed by atoms with Gasteiger partial charge >= 0.3 is 0 Å². The highest BCUT2D eigenvalue weighted by atomic mass is 28.4. The highest BCUT2D eigenvalue weighted by molar-refractivity contribution is 6.73. The van der Waals surface area contributed by atoms with Gasteiger partial charge in [-0.3, -0.25) is 0 Å². The first-order chi connectivity index (χ1) is 12.3. The third kappa shape index (κ3) is 3.52. The third-order valence-corrected chi connectivity index (χ3v) is 13.1. The van der Waals surface area contributed by atoms with Gasteiger partial charge in [0.25, 0.3) is 0 Å². The first-order valence-electron chi connectivity index (χ1n) is 10.8. The lowest BCUT2D eigenvalue weighted by Gasteiger charge is -2.61. The normalized spacial score (nSPS) is 38.1. The van der Waals surface area contributed by atoms with E-state index in [-0.39, 0.29) is 23.4 Å². The predicted molar refractivity (Wildman–Crippen MR) is 115 cm³/mol. The summed E-state index contributed by atoms with van der Waals surface area (Å²) in [5.41, 5.74) is 1.50. The summed E-state index contributed by atoms with van der Waals surface area (Å²) in [6, 6.07) is 3.62. The molecular formula is C23H42O2Si. The molecule has 0 aromatic rings. The number of allylic oxidation sites excluding steroid dienone is 1. The quantitative estimate of drug-likeness (QED) is 0.395. The second-order valence-electron chi connectivity index (χ2n) is 9.38. The summed E-state index contributed by atoms with van der Waals surface area (Å²) < 4.78 is 7.09. The molecule has 0 unspecified atom stereocenters. The van der Waals surface area contributed by atoms with Gasteiger partial charge in [-0.15, -0.1) is 6.58 Å². The molecule has 0 radical (unpaired) electrons. The molecule has 2 nitrogen and oxygen atoms in total. The Labute approximate surface area is 163 Å². The van der Waals surface area contributed by atoms with Gasteiger partial charge in [0.05, 0.1) is 12.7 Å². The van der Waals surface area contributed by atoms with Crippen molar-refractivity contribution in [2.24, 2.45) is 22.7 Å². The van der Waals surface area contributed by atoms with E-state index in [1.54, 1.807) is 0 Å². The maximum Gasteiger partial charge on any atom is 0.192 e. The summed E-state index contributed by atoms with van der Waals surface area (Å²) in [6.45, 7) is 20.5. The summed E-state index contributed by atoms with van der Waals surface area (Å²) in [7, 11) is -1.64. The zero-order valence-electron chi connectivity index (χ0n) is 17.9. The third-order valence-electron chi connectivity index (χ3n) is 8.41. The van der Waals surface area contributed by atoms with Gasteiger partial charge in [0.1, 0.15) is 0 Å². The summed E-state index contributed by atoms with van der Waals surface area (Å²) in [5, 5.41) is 10.1. The Hall–Kier alpha value is -0.383. The molecule has 1 N–H and O–H groups in total. The number of aliphatic hydroxyl groups is 1. The van der Waals surface area contributed by atoms with E-state index in [1.807, 2.05) is 0 Å². The standard InChI is InChI=1S/C23H42O2Si/c1-8-15-23(7)20-13-12-18(5)19(17-24)22(20,6)16-14-21(23)25-26(9-2,10-3)11-4/h8,19-21,24H,1,5,9-17H2,2-4,6-7H3/t19-,20-,21-,22-,23+/m1/s1. The lowest BCUT2D eigenvalue weighted by atomic mass is 9.46. The minimum Gasteiger partial charge on any atom is -0.413 e. The summed E-state index contributed by atoms with van der Waals surface area (Å²) in [6.07, 6.45) is 7.90. The van der Waals surface area contributed by atoms with E-state index < -0.39 is 8.32 Å². The van der Waals surface area contributed by atoms with Gasteiger partial charge in [-0.2, -0.15) is 0 Å². The lowest BCUT2D eigenvalue weighted by molar-refractivity contribution is -0.131. The highest BCUT2D eigenvalue weighted by Crippen LogP contribution is 2.62. The highest BCUT2D eigenvalue weighted by Gasteiger charge is 2.58. The summed E-state index contributed by atoms with van der Waals surface area (Å²) >= 11 is 0. The molecule has 0 heterocycles. The Morgan fingerprint density at radius 2 is 1.81 bits per heavy atom. The topological polar surface area (TPSA) is 29.5 Å². The molecule has 5 atom stereocenters. The van der Waals surface area contributed by atoms with Crippen LogP contribution in [-0.2, 0) is 4.43 Å². The van der Waals surface area contributed by atoms with E-state index in [0.29, 0.717) is 12.0 Å². The van der Waals surface area contributed by atoms with Crippen LogP contribution < -0.4 is 0 Å². The molecule has 3 heteroatoms. The van der Waals surface area contributed by atoms with Gasteiger partial charge in [-0.05, 0) is 67.0 Å². The van der Waals surface area contributed by atoms with Crippen LogP contribution in [0.3, 0.4) is 0 Å². The first kappa shape index (κ1) is 21.9. The van der Waals surface area contributed by atoms with Crippen molar-refractivity contribution in [3.05, 3.63) is 24.8 Å². The molecule has 0 aromatic carbocycles. The molecule has 2 rings (SSSR count). The van der Waals surface area contributed by atoms with Crippen LogP contribution in [0, 0.1) is 22.7 Å². The first-order valence-corrected chi connectivity index (χ1v) is 13.4. The molecule has 0 saturated heterocycles. The van der Waals surface area contributed by atoms with Crippen molar-refractivity contribution < 1.29 is 9.53 Å². The van der Waals surface area contributed by atoms with Gasteiger partial charge in [0, 0.05) is 5.92 Å². The van der Waals surface area contributed by atoms with Crippen LogP contribution in [0.25, 0.3) is 0 Å². The molecule has 2 saturated carbocycles. The van der Waals surface area contributed by atoms with Gasteiger partial charge < -0.3 is 9.53 Å². The van der Waals surface area contributed by atoms with Crippen LogP contribution in [0.1, 0.15) is 66.7 Å². The van der Waals surface area contributed by atoms with Crippen LogP contribution >= 0.6 is 0 Å². The van der Waals surface area contributed by atoms with Gasteiger partial charge in [0.2, 0.25) is 0 Å². The molecule has 0 amide bonds. The SMILES string of the molecule is C=CC[C@@]1(C)[C@@H]2CCC(=C)[C@@H](CO)[C@@]2(C)CC[C@H]1O[Si](CC)(CC)CC. The number of rotatable bonds is 8. The maximum absolute atomic E-state index is 10.1. The fraction of sp³-hybridized carbons (Fsp3) is 0.826. The average molecular weight is 379 g/mol. The summed E-state index contributed by atoms with van der Waals surface area (Å²) in [5.74, 6) is 0.795. The smallest absolute Gasteiger partial charge is 0.192 e. The largest absolute Gasteiger partial charge is 0.413 e. The van der Waals surface area contributed by atoms with Gasteiger partial charge in [-0.1, -0.05) is 52.8 Å². The van der Waals surface area contributed by atoms with Crippen molar-refractivity contribution in [2.45, 2.75) is 91.0 Å². The molecule has 2 fully saturated rings. The minimum atomic E-state index is -1.64. The van der Waals surface area contributed by atoms with Crippen molar-refractivity contribution in [1.82, 2.24) is 0 Å². The fourth-order valence-electron chi connectivity index (χ4n) is 6.39. The molecule has 0 aliphatic heterocycles. The molecule has 150 valence electrons.